The summed E-state index contributed by atoms with van der Waals surface area (Å²) in [4.78, 5) is 11.4. The van der Waals surface area contributed by atoms with E-state index in [0.29, 0.717) is 5.57 Å². The van der Waals surface area contributed by atoms with E-state index in [4.69, 9.17) is 0 Å². The van der Waals surface area contributed by atoms with Crippen LogP contribution in [0.3, 0.4) is 0 Å². The van der Waals surface area contributed by atoms with Gasteiger partial charge in [-0.05, 0) is 45.4 Å². The molecule has 1 N–H and O–H groups in total. The van der Waals surface area contributed by atoms with Crippen molar-refractivity contribution in [1.29, 1.82) is 0 Å². The van der Waals surface area contributed by atoms with Gasteiger partial charge >= 0.3 is 0 Å². The maximum absolute atomic E-state index is 11.4. The minimum absolute atomic E-state index is 0.0110. The standard InChI is InChI=1S/C18H36N2O/c1-6-13-20(14-7-2,15-8-3)16-11-9-10-12-19-18(21)17(4)5/h4,6-16H2,1-3,5H3/p+1. The quantitative estimate of drug-likeness (QED) is 0.312. The molecule has 21 heavy (non-hydrogen) atoms. The Morgan fingerprint density at radius 3 is 1.86 bits per heavy atom. The summed E-state index contributed by atoms with van der Waals surface area (Å²) in [6.45, 7) is 18.3. The van der Waals surface area contributed by atoms with E-state index >= 15 is 0 Å². The maximum Gasteiger partial charge on any atom is 0.246 e. The Bertz CT molecular complexity index is 283. The molecule has 0 radical (unpaired) electrons. The van der Waals surface area contributed by atoms with Crippen LogP contribution in [-0.2, 0) is 4.79 Å². The smallest absolute Gasteiger partial charge is 0.246 e. The van der Waals surface area contributed by atoms with Gasteiger partial charge in [-0.3, -0.25) is 4.79 Å². The van der Waals surface area contributed by atoms with E-state index in [0.717, 1.165) is 13.0 Å². The molecule has 0 rings (SSSR count). The van der Waals surface area contributed by atoms with Crippen LogP contribution in [0.25, 0.3) is 0 Å². The molecule has 0 bridgehead atoms. The highest BCUT2D eigenvalue weighted by Gasteiger charge is 2.23. The molecule has 0 aromatic carbocycles. The topological polar surface area (TPSA) is 29.1 Å². The molecule has 0 aliphatic rings. The van der Waals surface area contributed by atoms with Gasteiger partial charge in [-0.2, -0.15) is 0 Å². The van der Waals surface area contributed by atoms with Gasteiger partial charge in [0, 0.05) is 12.1 Å². The summed E-state index contributed by atoms with van der Waals surface area (Å²) in [6, 6.07) is 0. The first-order valence-corrected chi connectivity index (χ1v) is 8.80. The lowest BCUT2D eigenvalue weighted by atomic mass is 10.1. The predicted molar refractivity (Wildman–Crippen MR) is 92.3 cm³/mol. The van der Waals surface area contributed by atoms with Crippen molar-refractivity contribution in [2.45, 2.75) is 66.2 Å². The van der Waals surface area contributed by atoms with Crippen LogP contribution < -0.4 is 5.32 Å². The Balaban J connectivity index is 4.01. The van der Waals surface area contributed by atoms with Gasteiger partial charge in [0.2, 0.25) is 5.91 Å². The third-order valence-corrected chi connectivity index (χ3v) is 4.08. The predicted octanol–water partition coefficient (Wildman–Crippen LogP) is 3.90. The average molecular weight is 298 g/mol. The number of nitrogens with zero attached hydrogens (tertiary/aromatic N) is 1. The van der Waals surface area contributed by atoms with Crippen molar-refractivity contribution < 1.29 is 9.28 Å². The summed E-state index contributed by atoms with van der Waals surface area (Å²) in [5.74, 6) is -0.0110. The monoisotopic (exact) mass is 297 g/mol. The molecule has 0 atom stereocenters. The summed E-state index contributed by atoms with van der Waals surface area (Å²) in [5.41, 5.74) is 0.597. The molecule has 1 amide bonds. The highest BCUT2D eigenvalue weighted by atomic mass is 16.1. The van der Waals surface area contributed by atoms with Crippen LogP contribution in [0.2, 0.25) is 0 Å². The number of nitrogens with one attached hydrogen (secondary N) is 1. The maximum atomic E-state index is 11.4. The fourth-order valence-electron chi connectivity index (χ4n) is 3.20. The van der Waals surface area contributed by atoms with E-state index in [1.165, 1.54) is 62.8 Å². The zero-order chi connectivity index (χ0) is 16.1. The van der Waals surface area contributed by atoms with Gasteiger partial charge in [-0.15, -0.1) is 0 Å². The SMILES string of the molecule is C=C(C)C(=O)NCCCCC[N+](CCC)(CCC)CCC. The molecule has 0 saturated heterocycles. The zero-order valence-corrected chi connectivity index (χ0v) is 14.8. The second kappa shape index (κ2) is 11.8. The number of hydrogen-bond donors (Lipinski definition) is 1. The van der Waals surface area contributed by atoms with Crippen LogP contribution in [0, 0.1) is 0 Å². The fraction of sp³-hybridized carbons (Fsp3) is 0.833. The number of quaternary nitrogens is 1. The van der Waals surface area contributed by atoms with Crippen LogP contribution in [0.1, 0.15) is 66.2 Å². The number of rotatable bonds is 13. The van der Waals surface area contributed by atoms with Crippen molar-refractivity contribution in [1.82, 2.24) is 5.32 Å². The van der Waals surface area contributed by atoms with Crippen LogP contribution in [0.4, 0.5) is 0 Å². The van der Waals surface area contributed by atoms with E-state index in [2.05, 4.69) is 32.7 Å². The van der Waals surface area contributed by atoms with Gasteiger partial charge in [0.25, 0.3) is 0 Å². The number of unbranched alkanes of at least 4 members (excludes halogenated alkanes) is 2. The van der Waals surface area contributed by atoms with Crippen molar-refractivity contribution in [2.75, 3.05) is 32.7 Å². The molecule has 0 aliphatic heterocycles. The highest BCUT2D eigenvalue weighted by Crippen LogP contribution is 2.14. The van der Waals surface area contributed by atoms with E-state index in [9.17, 15) is 4.79 Å². The van der Waals surface area contributed by atoms with Crippen molar-refractivity contribution in [3.63, 3.8) is 0 Å². The first kappa shape index (κ1) is 20.2. The Morgan fingerprint density at radius 1 is 0.905 bits per heavy atom. The van der Waals surface area contributed by atoms with Crippen LogP contribution in [0.15, 0.2) is 12.2 Å². The minimum Gasteiger partial charge on any atom is -0.352 e. The van der Waals surface area contributed by atoms with Gasteiger partial charge in [0.1, 0.15) is 0 Å². The Kier molecular flexibility index (Phi) is 11.3. The van der Waals surface area contributed by atoms with Crippen molar-refractivity contribution in [3.05, 3.63) is 12.2 Å². The Hall–Kier alpha value is -0.830. The molecule has 0 unspecified atom stereocenters. The molecule has 0 aliphatic carbocycles. The lowest BCUT2D eigenvalue weighted by Gasteiger charge is -2.38. The molecule has 0 aromatic rings. The number of carbonyl (C=O) groups excluding carboxylic acids is 1. The van der Waals surface area contributed by atoms with Gasteiger partial charge in [-0.1, -0.05) is 27.4 Å². The molecule has 0 fully saturated rings. The molecule has 0 aromatic heterocycles. The first-order chi connectivity index (χ1) is 10.0. The van der Waals surface area contributed by atoms with Gasteiger partial charge in [0.05, 0.1) is 26.2 Å². The van der Waals surface area contributed by atoms with Gasteiger partial charge in [-0.25, -0.2) is 0 Å². The van der Waals surface area contributed by atoms with Gasteiger partial charge in [0.15, 0.2) is 0 Å². The molecular weight excluding hydrogens is 260 g/mol. The molecule has 0 saturated carbocycles. The molecule has 3 nitrogen and oxygen atoms in total. The Morgan fingerprint density at radius 2 is 1.43 bits per heavy atom. The summed E-state index contributed by atoms with van der Waals surface area (Å²) in [5, 5.41) is 2.91. The number of amides is 1. The van der Waals surface area contributed by atoms with Crippen molar-refractivity contribution >= 4 is 5.91 Å². The molecule has 0 spiro atoms. The molecule has 0 heterocycles. The lowest BCUT2D eigenvalue weighted by molar-refractivity contribution is -0.928. The number of hydrogen-bond acceptors (Lipinski definition) is 1. The average Bonchev–Trinajstić information content (AvgIpc) is 2.43. The highest BCUT2D eigenvalue weighted by molar-refractivity contribution is 5.91. The van der Waals surface area contributed by atoms with E-state index in [-0.39, 0.29) is 5.91 Å². The number of carbonyl (C=O) groups is 1. The Labute approximate surface area is 132 Å². The molecular formula is C18H37N2O+. The van der Waals surface area contributed by atoms with Crippen LogP contribution in [-0.4, -0.2) is 43.1 Å². The van der Waals surface area contributed by atoms with Crippen LogP contribution >= 0.6 is 0 Å². The van der Waals surface area contributed by atoms with Crippen LogP contribution in [0.5, 0.6) is 0 Å². The summed E-state index contributed by atoms with van der Waals surface area (Å²) >= 11 is 0. The summed E-state index contributed by atoms with van der Waals surface area (Å²) in [6.07, 6.45) is 7.36. The minimum atomic E-state index is -0.0110. The van der Waals surface area contributed by atoms with Gasteiger partial charge < -0.3 is 9.80 Å². The summed E-state index contributed by atoms with van der Waals surface area (Å²) in [7, 11) is 0. The largest absolute Gasteiger partial charge is 0.352 e. The molecule has 3 heteroatoms. The van der Waals surface area contributed by atoms with E-state index < -0.39 is 0 Å². The third-order valence-electron chi connectivity index (χ3n) is 4.08. The summed E-state index contributed by atoms with van der Waals surface area (Å²) < 4.78 is 1.29. The second-order valence-corrected chi connectivity index (χ2v) is 6.33. The van der Waals surface area contributed by atoms with Crippen molar-refractivity contribution in [3.8, 4) is 0 Å². The fourth-order valence-corrected chi connectivity index (χ4v) is 3.20. The van der Waals surface area contributed by atoms with E-state index in [1.807, 2.05) is 0 Å². The molecule has 124 valence electrons. The van der Waals surface area contributed by atoms with E-state index in [1.54, 1.807) is 6.92 Å². The third kappa shape index (κ3) is 8.92. The zero-order valence-electron chi connectivity index (χ0n) is 14.8. The first-order valence-electron chi connectivity index (χ1n) is 8.80. The lowest BCUT2D eigenvalue weighted by Crippen LogP contribution is -2.50. The second-order valence-electron chi connectivity index (χ2n) is 6.33. The van der Waals surface area contributed by atoms with Crippen molar-refractivity contribution in [2.24, 2.45) is 0 Å². The normalized spacial score (nSPS) is 11.4.